The molecule has 1 heterocycles. The Morgan fingerprint density at radius 1 is 1.32 bits per heavy atom. The lowest BCUT2D eigenvalue weighted by molar-refractivity contribution is 0.210. The van der Waals surface area contributed by atoms with Crippen LogP contribution in [0.25, 0.3) is 11.0 Å². The predicted molar refractivity (Wildman–Crippen MR) is 101 cm³/mol. The van der Waals surface area contributed by atoms with Gasteiger partial charge in [0, 0.05) is 6.04 Å². The zero-order valence-corrected chi connectivity index (χ0v) is 15.3. The largest absolute Gasteiger partial charge is 0.491 e. The maximum absolute atomic E-state index is 9.40. The van der Waals surface area contributed by atoms with Crippen LogP contribution in [0.4, 0.5) is 0 Å². The first-order valence-electron chi connectivity index (χ1n) is 9.74. The van der Waals surface area contributed by atoms with Crippen LogP contribution in [0.15, 0.2) is 18.2 Å². The second-order valence-corrected chi connectivity index (χ2v) is 7.20. The first kappa shape index (κ1) is 18.2. The van der Waals surface area contributed by atoms with Crippen LogP contribution < -0.4 is 10.1 Å². The van der Waals surface area contributed by atoms with E-state index in [9.17, 15) is 5.11 Å². The summed E-state index contributed by atoms with van der Waals surface area (Å²) in [6.45, 7) is 3.70. The number of aromatic amines is 1. The number of benzene rings is 1. The summed E-state index contributed by atoms with van der Waals surface area (Å²) in [4.78, 5) is 8.08. The summed E-state index contributed by atoms with van der Waals surface area (Å²) in [5, 5.41) is 12.8. The van der Waals surface area contributed by atoms with Crippen molar-refractivity contribution in [2.24, 2.45) is 5.92 Å². The summed E-state index contributed by atoms with van der Waals surface area (Å²) in [6.07, 6.45) is 8.62. The Morgan fingerprint density at radius 2 is 2.16 bits per heavy atom. The lowest BCUT2D eigenvalue weighted by atomic mass is 9.90. The first-order valence-corrected chi connectivity index (χ1v) is 9.74. The summed E-state index contributed by atoms with van der Waals surface area (Å²) in [7, 11) is 0. The minimum Gasteiger partial charge on any atom is -0.491 e. The highest BCUT2D eigenvalue weighted by Crippen LogP contribution is 2.27. The van der Waals surface area contributed by atoms with Gasteiger partial charge in [0.1, 0.15) is 17.1 Å². The molecule has 3 N–H and O–H groups in total. The number of fused-ring (bicyclic) bond motifs is 1. The molecule has 0 amide bonds. The summed E-state index contributed by atoms with van der Waals surface area (Å²) >= 11 is 0. The van der Waals surface area contributed by atoms with Crippen LogP contribution in [0.1, 0.15) is 57.7 Å². The number of hydrogen-bond acceptors (Lipinski definition) is 4. The molecule has 5 nitrogen and oxygen atoms in total. The molecule has 5 heteroatoms. The van der Waals surface area contributed by atoms with Gasteiger partial charge in [0.15, 0.2) is 0 Å². The molecular formula is C20H31N3O2. The van der Waals surface area contributed by atoms with E-state index in [0.717, 1.165) is 42.1 Å². The van der Waals surface area contributed by atoms with Gasteiger partial charge in [-0.05, 0) is 37.3 Å². The quantitative estimate of drug-likeness (QED) is 0.647. The van der Waals surface area contributed by atoms with Crippen LogP contribution >= 0.6 is 0 Å². The number of nitrogens with one attached hydrogen (secondary N) is 2. The minimum atomic E-state index is 0.125. The van der Waals surface area contributed by atoms with Crippen molar-refractivity contribution in [1.82, 2.24) is 15.3 Å². The van der Waals surface area contributed by atoms with Crippen LogP contribution in [0.3, 0.4) is 0 Å². The molecule has 3 rings (SSSR count). The maximum Gasteiger partial charge on any atom is 0.147 e. The number of aliphatic hydroxyl groups excluding tert-OH is 1. The van der Waals surface area contributed by atoms with Crippen LogP contribution in [-0.4, -0.2) is 34.3 Å². The van der Waals surface area contributed by atoms with Crippen LogP contribution in [0, 0.1) is 5.92 Å². The lowest BCUT2D eigenvalue weighted by Crippen LogP contribution is -2.32. The number of rotatable bonds is 9. The van der Waals surface area contributed by atoms with E-state index in [2.05, 4.69) is 17.2 Å². The van der Waals surface area contributed by atoms with Gasteiger partial charge in [0.25, 0.3) is 0 Å². The number of para-hydroxylation sites is 1. The molecule has 0 radical (unpaired) electrons. The van der Waals surface area contributed by atoms with E-state index in [1.165, 1.54) is 32.1 Å². The number of nitrogens with zero attached hydrogens (tertiary/aromatic N) is 1. The molecule has 1 aromatic heterocycles. The van der Waals surface area contributed by atoms with Crippen molar-refractivity contribution in [1.29, 1.82) is 0 Å². The molecule has 138 valence electrons. The van der Waals surface area contributed by atoms with Crippen molar-refractivity contribution in [3.8, 4) is 5.75 Å². The summed E-state index contributed by atoms with van der Waals surface area (Å²) in [6, 6.07) is 6.19. The van der Waals surface area contributed by atoms with Gasteiger partial charge in [0.05, 0.1) is 25.3 Å². The van der Waals surface area contributed by atoms with E-state index >= 15 is 0 Å². The molecule has 0 saturated heterocycles. The average Bonchev–Trinajstić information content (AvgIpc) is 3.08. The van der Waals surface area contributed by atoms with Gasteiger partial charge in [-0.1, -0.05) is 38.7 Å². The zero-order valence-electron chi connectivity index (χ0n) is 15.3. The Balaban J connectivity index is 1.63. The van der Waals surface area contributed by atoms with E-state index in [4.69, 9.17) is 9.72 Å². The van der Waals surface area contributed by atoms with Gasteiger partial charge in [-0.3, -0.25) is 0 Å². The van der Waals surface area contributed by atoms with Crippen LogP contribution in [0.5, 0.6) is 5.75 Å². The van der Waals surface area contributed by atoms with E-state index < -0.39 is 0 Å². The third-order valence-electron chi connectivity index (χ3n) is 5.14. The third kappa shape index (κ3) is 4.95. The molecule has 1 aromatic carbocycles. The topological polar surface area (TPSA) is 70.2 Å². The third-order valence-corrected chi connectivity index (χ3v) is 5.14. The van der Waals surface area contributed by atoms with E-state index in [0.29, 0.717) is 12.5 Å². The van der Waals surface area contributed by atoms with Gasteiger partial charge in [-0.25, -0.2) is 4.98 Å². The van der Waals surface area contributed by atoms with Crippen LogP contribution in [0.2, 0.25) is 0 Å². The van der Waals surface area contributed by atoms with Gasteiger partial charge < -0.3 is 20.1 Å². The van der Waals surface area contributed by atoms with Gasteiger partial charge in [-0.2, -0.15) is 0 Å². The van der Waals surface area contributed by atoms with Crippen molar-refractivity contribution in [2.45, 2.75) is 64.5 Å². The second kappa shape index (κ2) is 9.20. The molecule has 1 fully saturated rings. The van der Waals surface area contributed by atoms with Gasteiger partial charge in [0.2, 0.25) is 0 Å². The Kier molecular flexibility index (Phi) is 6.70. The SMILES string of the molecule is CCCC(CO)NCc1nc2c(OCC3CCCCC3)cccc2[nH]1. The van der Waals surface area contributed by atoms with Crippen molar-refractivity contribution < 1.29 is 9.84 Å². The molecule has 1 saturated carbocycles. The number of imidazole rings is 1. The fourth-order valence-electron chi connectivity index (χ4n) is 3.67. The highest BCUT2D eigenvalue weighted by molar-refractivity contribution is 5.81. The molecule has 0 aliphatic heterocycles. The smallest absolute Gasteiger partial charge is 0.147 e. The van der Waals surface area contributed by atoms with Gasteiger partial charge in [-0.15, -0.1) is 0 Å². The number of H-pyrrole nitrogens is 1. The normalized spacial score (nSPS) is 17.0. The monoisotopic (exact) mass is 345 g/mol. The number of aromatic nitrogens is 2. The average molecular weight is 345 g/mol. The molecule has 0 bridgehead atoms. The van der Waals surface area contributed by atoms with Gasteiger partial charge >= 0.3 is 0 Å². The molecule has 1 aliphatic carbocycles. The lowest BCUT2D eigenvalue weighted by Gasteiger charge is -2.21. The predicted octanol–water partition coefficient (Wildman–Crippen LogP) is 3.77. The molecule has 0 spiro atoms. The molecule has 2 aromatic rings. The zero-order chi connectivity index (χ0) is 17.5. The summed E-state index contributed by atoms with van der Waals surface area (Å²) < 4.78 is 6.11. The highest BCUT2D eigenvalue weighted by Gasteiger charge is 2.16. The molecule has 1 unspecified atom stereocenters. The van der Waals surface area contributed by atoms with E-state index in [1.54, 1.807) is 0 Å². The Morgan fingerprint density at radius 3 is 2.92 bits per heavy atom. The van der Waals surface area contributed by atoms with E-state index in [1.807, 2.05) is 18.2 Å². The van der Waals surface area contributed by atoms with Crippen molar-refractivity contribution in [3.05, 3.63) is 24.0 Å². The fraction of sp³-hybridized carbons (Fsp3) is 0.650. The highest BCUT2D eigenvalue weighted by atomic mass is 16.5. The Labute approximate surface area is 150 Å². The summed E-state index contributed by atoms with van der Waals surface area (Å²) in [5.41, 5.74) is 1.92. The standard InChI is InChI=1S/C20H31N3O2/c1-2-7-16(13-24)21-12-19-22-17-10-6-11-18(20(17)23-19)25-14-15-8-4-3-5-9-15/h6,10-11,15-16,21,24H,2-5,7-9,12-14H2,1H3,(H,22,23). The second-order valence-electron chi connectivity index (χ2n) is 7.20. The number of ether oxygens (including phenoxy) is 1. The van der Waals surface area contributed by atoms with E-state index in [-0.39, 0.29) is 12.6 Å². The van der Waals surface area contributed by atoms with Crippen molar-refractivity contribution in [3.63, 3.8) is 0 Å². The molecular weight excluding hydrogens is 314 g/mol. The van der Waals surface area contributed by atoms with Crippen molar-refractivity contribution in [2.75, 3.05) is 13.2 Å². The Bertz CT molecular complexity index is 649. The molecule has 1 aliphatic rings. The van der Waals surface area contributed by atoms with Crippen LogP contribution in [-0.2, 0) is 6.54 Å². The minimum absolute atomic E-state index is 0.125. The first-order chi connectivity index (χ1) is 12.3. The summed E-state index contributed by atoms with van der Waals surface area (Å²) in [5.74, 6) is 2.44. The maximum atomic E-state index is 9.40. The molecule has 1 atom stereocenters. The Hall–Kier alpha value is -1.59. The number of aliphatic hydroxyl groups is 1. The fourth-order valence-corrected chi connectivity index (χ4v) is 3.67. The molecule has 25 heavy (non-hydrogen) atoms. The van der Waals surface area contributed by atoms with Crippen molar-refractivity contribution >= 4 is 11.0 Å². The number of hydrogen-bond donors (Lipinski definition) is 3.